The molecule has 1 aromatic heterocycles. The summed E-state index contributed by atoms with van der Waals surface area (Å²) < 4.78 is 5.82. The SMILES string of the molecule is O=C(O)N1CC[C@@H](Oc2ccc(NC(=O)N3CC(c4cccnc4)C3)cc2)C1. The Kier molecular flexibility index (Phi) is 5.01. The number of ether oxygens (including phenoxy) is 1. The molecule has 28 heavy (non-hydrogen) atoms. The Morgan fingerprint density at radius 2 is 1.89 bits per heavy atom. The molecule has 2 aliphatic rings. The number of benzene rings is 1. The topological polar surface area (TPSA) is 95.0 Å². The molecule has 1 atom stereocenters. The Morgan fingerprint density at radius 3 is 2.54 bits per heavy atom. The van der Waals surface area contributed by atoms with E-state index in [1.807, 2.05) is 18.3 Å². The van der Waals surface area contributed by atoms with E-state index >= 15 is 0 Å². The van der Waals surface area contributed by atoms with Crippen molar-refractivity contribution in [3.05, 3.63) is 54.4 Å². The largest absolute Gasteiger partial charge is 0.489 e. The van der Waals surface area contributed by atoms with Crippen LogP contribution in [0.5, 0.6) is 5.75 Å². The molecule has 4 rings (SSSR count). The summed E-state index contributed by atoms with van der Waals surface area (Å²) in [5.74, 6) is 1.00. The minimum atomic E-state index is -0.916. The fraction of sp³-hybridized carbons (Fsp3) is 0.350. The van der Waals surface area contributed by atoms with E-state index in [-0.39, 0.29) is 12.1 Å². The van der Waals surface area contributed by atoms with Gasteiger partial charge in [-0.05, 0) is 35.9 Å². The van der Waals surface area contributed by atoms with Gasteiger partial charge in [0.1, 0.15) is 11.9 Å². The number of anilines is 1. The average Bonchev–Trinajstić information content (AvgIpc) is 3.12. The first kappa shape index (κ1) is 18.1. The Labute approximate surface area is 162 Å². The molecule has 3 amide bonds. The smallest absolute Gasteiger partial charge is 0.407 e. The van der Waals surface area contributed by atoms with Crippen LogP contribution in [0, 0.1) is 0 Å². The number of amides is 3. The molecule has 0 saturated carbocycles. The van der Waals surface area contributed by atoms with Gasteiger partial charge in [0.25, 0.3) is 0 Å². The van der Waals surface area contributed by atoms with Crippen LogP contribution in [-0.4, -0.2) is 64.3 Å². The summed E-state index contributed by atoms with van der Waals surface area (Å²) in [7, 11) is 0. The molecule has 1 aromatic carbocycles. The Bertz CT molecular complexity index is 837. The summed E-state index contributed by atoms with van der Waals surface area (Å²) in [4.78, 5) is 30.5. The first-order chi connectivity index (χ1) is 13.6. The van der Waals surface area contributed by atoms with Crippen LogP contribution in [-0.2, 0) is 0 Å². The molecule has 8 nitrogen and oxygen atoms in total. The molecule has 0 unspecified atom stereocenters. The van der Waals surface area contributed by atoms with Gasteiger partial charge in [0.05, 0.1) is 6.54 Å². The molecule has 2 N–H and O–H groups in total. The zero-order chi connectivity index (χ0) is 19.5. The van der Waals surface area contributed by atoms with Gasteiger partial charge < -0.3 is 25.0 Å². The van der Waals surface area contributed by atoms with E-state index < -0.39 is 6.09 Å². The molecule has 0 bridgehead atoms. The quantitative estimate of drug-likeness (QED) is 0.848. The molecule has 0 radical (unpaired) electrons. The number of nitrogens with zero attached hydrogens (tertiary/aromatic N) is 3. The minimum Gasteiger partial charge on any atom is -0.489 e. The van der Waals surface area contributed by atoms with E-state index in [1.165, 1.54) is 4.90 Å². The summed E-state index contributed by atoms with van der Waals surface area (Å²) in [6.07, 6.45) is 3.22. The first-order valence-electron chi connectivity index (χ1n) is 9.29. The average molecular weight is 382 g/mol. The molecular weight excluding hydrogens is 360 g/mol. The van der Waals surface area contributed by atoms with Crippen molar-refractivity contribution in [2.24, 2.45) is 0 Å². The highest BCUT2D eigenvalue weighted by atomic mass is 16.5. The van der Waals surface area contributed by atoms with E-state index in [4.69, 9.17) is 9.84 Å². The number of pyridine rings is 1. The van der Waals surface area contributed by atoms with Crippen LogP contribution >= 0.6 is 0 Å². The van der Waals surface area contributed by atoms with Crippen LogP contribution in [0.2, 0.25) is 0 Å². The highest BCUT2D eigenvalue weighted by Crippen LogP contribution is 2.27. The Hall–Kier alpha value is -3.29. The van der Waals surface area contributed by atoms with Gasteiger partial charge in [-0.3, -0.25) is 4.98 Å². The second kappa shape index (κ2) is 7.75. The zero-order valence-electron chi connectivity index (χ0n) is 15.3. The lowest BCUT2D eigenvalue weighted by atomic mass is 9.93. The van der Waals surface area contributed by atoms with E-state index in [2.05, 4.69) is 10.3 Å². The Balaban J connectivity index is 1.25. The summed E-state index contributed by atoms with van der Waals surface area (Å²) in [5, 5.41) is 11.9. The van der Waals surface area contributed by atoms with E-state index in [1.54, 1.807) is 35.4 Å². The van der Waals surface area contributed by atoms with Crippen LogP contribution in [0.25, 0.3) is 0 Å². The lowest BCUT2D eigenvalue weighted by Gasteiger charge is -2.39. The summed E-state index contributed by atoms with van der Waals surface area (Å²) in [6, 6.07) is 11.0. The summed E-state index contributed by atoms with van der Waals surface area (Å²) >= 11 is 0. The maximum Gasteiger partial charge on any atom is 0.407 e. The van der Waals surface area contributed by atoms with Gasteiger partial charge in [-0.2, -0.15) is 0 Å². The molecule has 0 spiro atoms. The fourth-order valence-electron chi connectivity index (χ4n) is 3.48. The standard InChI is InChI=1S/C20H22N4O4/c25-19(24-11-15(12-24)14-2-1-8-21-10-14)22-16-3-5-17(6-4-16)28-18-7-9-23(13-18)20(26)27/h1-6,8,10,15,18H,7,9,11-13H2,(H,22,25)(H,26,27)/t18-/m1/s1. The third-order valence-corrected chi connectivity index (χ3v) is 5.15. The van der Waals surface area contributed by atoms with Crippen molar-refractivity contribution < 1.29 is 19.4 Å². The van der Waals surface area contributed by atoms with Gasteiger partial charge in [-0.25, -0.2) is 9.59 Å². The third-order valence-electron chi connectivity index (χ3n) is 5.15. The number of urea groups is 1. The van der Waals surface area contributed by atoms with Gasteiger partial charge >= 0.3 is 12.1 Å². The number of carboxylic acid groups (broad SMARTS) is 1. The molecule has 2 saturated heterocycles. The number of nitrogens with one attached hydrogen (secondary N) is 1. The van der Waals surface area contributed by atoms with Crippen molar-refractivity contribution in [3.8, 4) is 5.75 Å². The number of carbonyl (C=O) groups excluding carboxylic acids is 1. The van der Waals surface area contributed by atoms with Gasteiger partial charge in [0.2, 0.25) is 0 Å². The second-order valence-corrected chi connectivity index (χ2v) is 7.10. The number of rotatable bonds is 4. The first-order valence-corrected chi connectivity index (χ1v) is 9.29. The van der Waals surface area contributed by atoms with Crippen LogP contribution < -0.4 is 10.1 Å². The molecule has 3 heterocycles. The predicted molar refractivity (Wildman–Crippen MR) is 103 cm³/mol. The van der Waals surface area contributed by atoms with E-state index in [0.29, 0.717) is 50.0 Å². The van der Waals surface area contributed by atoms with Crippen LogP contribution in [0.1, 0.15) is 17.9 Å². The van der Waals surface area contributed by atoms with Crippen molar-refractivity contribution in [2.75, 3.05) is 31.5 Å². The zero-order valence-corrected chi connectivity index (χ0v) is 15.3. The van der Waals surface area contributed by atoms with Gasteiger partial charge in [-0.15, -0.1) is 0 Å². The van der Waals surface area contributed by atoms with Crippen LogP contribution in [0.15, 0.2) is 48.8 Å². The lowest BCUT2D eigenvalue weighted by molar-refractivity contribution is 0.145. The van der Waals surface area contributed by atoms with Crippen LogP contribution in [0.4, 0.5) is 15.3 Å². The van der Waals surface area contributed by atoms with Crippen molar-refractivity contribution in [3.63, 3.8) is 0 Å². The highest BCUT2D eigenvalue weighted by molar-refractivity contribution is 5.90. The maximum absolute atomic E-state index is 12.3. The van der Waals surface area contributed by atoms with Crippen molar-refractivity contribution in [2.45, 2.75) is 18.4 Å². The third kappa shape index (κ3) is 4.00. The van der Waals surface area contributed by atoms with E-state index in [0.717, 1.165) is 5.56 Å². The number of hydrogen-bond acceptors (Lipinski definition) is 4. The molecular formula is C20H22N4O4. The van der Waals surface area contributed by atoms with Gasteiger partial charge in [-0.1, -0.05) is 6.07 Å². The highest BCUT2D eigenvalue weighted by Gasteiger charge is 2.32. The molecule has 0 aliphatic carbocycles. The molecule has 8 heteroatoms. The minimum absolute atomic E-state index is 0.123. The van der Waals surface area contributed by atoms with Crippen LogP contribution in [0.3, 0.4) is 0 Å². The van der Waals surface area contributed by atoms with Gasteiger partial charge in [0, 0.05) is 50.1 Å². The van der Waals surface area contributed by atoms with Crippen molar-refractivity contribution >= 4 is 17.8 Å². The maximum atomic E-state index is 12.3. The second-order valence-electron chi connectivity index (χ2n) is 7.10. The number of hydrogen-bond donors (Lipinski definition) is 2. The number of aromatic nitrogens is 1. The monoisotopic (exact) mass is 382 g/mol. The summed E-state index contributed by atoms with van der Waals surface area (Å²) in [5.41, 5.74) is 1.85. The van der Waals surface area contributed by atoms with Gasteiger partial charge in [0.15, 0.2) is 0 Å². The number of likely N-dealkylation sites (tertiary alicyclic amines) is 2. The lowest BCUT2D eigenvalue weighted by Crippen LogP contribution is -2.50. The number of carbonyl (C=O) groups is 2. The van der Waals surface area contributed by atoms with E-state index in [9.17, 15) is 9.59 Å². The normalized spacial score (nSPS) is 19.2. The fourth-order valence-corrected chi connectivity index (χ4v) is 3.48. The predicted octanol–water partition coefficient (Wildman–Crippen LogP) is 2.84. The Morgan fingerprint density at radius 1 is 1.11 bits per heavy atom. The molecule has 2 aromatic rings. The van der Waals surface area contributed by atoms with Crippen molar-refractivity contribution in [1.29, 1.82) is 0 Å². The van der Waals surface area contributed by atoms with Crippen molar-refractivity contribution in [1.82, 2.24) is 14.8 Å². The molecule has 146 valence electrons. The molecule has 2 aliphatic heterocycles. The summed E-state index contributed by atoms with van der Waals surface area (Å²) in [6.45, 7) is 2.23. The molecule has 2 fully saturated rings.